The number of ketones is 1. The van der Waals surface area contributed by atoms with Gasteiger partial charge in [-0.15, -0.1) is 0 Å². The first kappa shape index (κ1) is 11.4. The maximum absolute atomic E-state index is 12.2. The van der Waals surface area contributed by atoms with Crippen LogP contribution in [0.4, 0.5) is 0 Å². The van der Waals surface area contributed by atoms with E-state index >= 15 is 0 Å². The fraction of sp³-hybridized carbons (Fsp3) is 0.500. The van der Waals surface area contributed by atoms with E-state index in [1.54, 1.807) is 0 Å². The number of alkyl halides is 1. The highest BCUT2D eigenvalue weighted by atomic mass is 79.9. The van der Waals surface area contributed by atoms with Crippen LogP contribution in [0.2, 0.25) is 0 Å². The molecule has 0 spiro atoms. The lowest BCUT2D eigenvalue weighted by Crippen LogP contribution is -2.35. The molecule has 3 unspecified atom stereocenters. The molecule has 1 aromatic carbocycles. The molecule has 2 heterocycles. The molecule has 2 saturated heterocycles. The van der Waals surface area contributed by atoms with Crippen molar-refractivity contribution in [1.82, 2.24) is 4.90 Å². The van der Waals surface area contributed by atoms with E-state index in [0.29, 0.717) is 23.5 Å². The lowest BCUT2D eigenvalue weighted by molar-refractivity contribution is 0.0919. The number of rotatable bonds is 3. The molecule has 2 nitrogen and oxygen atoms in total. The number of halogens is 1. The van der Waals surface area contributed by atoms with E-state index in [-0.39, 0.29) is 5.78 Å². The molecule has 3 rings (SSSR count). The van der Waals surface area contributed by atoms with Gasteiger partial charge < -0.3 is 0 Å². The first-order valence-electron chi connectivity index (χ1n) is 6.24. The van der Waals surface area contributed by atoms with E-state index in [1.807, 2.05) is 30.3 Å². The normalized spacial score (nSPS) is 31.9. The molecule has 0 amide bonds. The molecular formula is C14H16BrNO. The van der Waals surface area contributed by atoms with Crippen LogP contribution < -0.4 is 0 Å². The van der Waals surface area contributed by atoms with Crippen LogP contribution in [0, 0.1) is 0 Å². The minimum atomic E-state index is 0.254. The second-order valence-corrected chi connectivity index (χ2v) is 6.19. The van der Waals surface area contributed by atoms with Crippen LogP contribution in [-0.2, 0) is 0 Å². The number of nitrogens with zero attached hydrogens (tertiary/aromatic N) is 1. The zero-order chi connectivity index (χ0) is 11.8. The van der Waals surface area contributed by atoms with Gasteiger partial charge in [-0.25, -0.2) is 0 Å². The average Bonchev–Trinajstić information content (AvgIpc) is 2.86. The quantitative estimate of drug-likeness (QED) is 0.631. The third kappa shape index (κ3) is 2.06. The third-order valence-electron chi connectivity index (χ3n) is 4.03. The van der Waals surface area contributed by atoms with Gasteiger partial charge >= 0.3 is 0 Å². The molecule has 2 aliphatic heterocycles. The van der Waals surface area contributed by atoms with Gasteiger partial charge in [0.1, 0.15) is 0 Å². The number of benzene rings is 1. The van der Waals surface area contributed by atoms with Crippen molar-refractivity contribution in [3.05, 3.63) is 35.9 Å². The number of Topliss-reactive ketones (excluding diaryl/α,β-unsaturated/α-hetero) is 1. The molecule has 3 atom stereocenters. The van der Waals surface area contributed by atoms with Gasteiger partial charge in [0.15, 0.2) is 5.78 Å². The summed E-state index contributed by atoms with van der Waals surface area (Å²) in [6, 6.07) is 10.8. The molecule has 2 bridgehead atoms. The predicted octanol–water partition coefficient (Wildman–Crippen LogP) is 2.87. The highest BCUT2D eigenvalue weighted by Crippen LogP contribution is 2.41. The van der Waals surface area contributed by atoms with E-state index in [4.69, 9.17) is 0 Å². The minimum Gasteiger partial charge on any atom is -0.293 e. The van der Waals surface area contributed by atoms with Crippen molar-refractivity contribution in [3.8, 4) is 0 Å². The Labute approximate surface area is 110 Å². The largest absolute Gasteiger partial charge is 0.293 e. The lowest BCUT2D eigenvalue weighted by Gasteiger charge is -2.21. The Hall–Kier alpha value is -0.670. The van der Waals surface area contributed by atoms with Crippen molar-refractivity contribution in [3.63, 3.8) is 0 Å². The maximum Gasteiger partial charge on any atom is 0.176 e. The number of fused-ring (bicyclic) bond motifs is 2. The van der Waals surface area contributed by atoms with Gasteiger partial charge in [0.25, 0.3) is 0 Å². The molecule has 90 valence electrons. The summed E-state index contributed by atoms with van der Waals surface area (Å²) in [6.07, 6.45) is 3.70. The summed E-state index contributed by atoms with van der Waals surface area (Å²) in [5.41, 5.74) is 0.838. The lowest BCUT2D eigenvalue weighted by atomic mass is 10.0. The minimum absolute atomic E-state index is 0.254. The molecular weight excluding hydrogens is 278 g/mol. The monoisotopic (exact) mass is 293 g/mol. The molecule has 0 N–H and O–H groups in total. The first-order valence-corrected chi connectivity index (χ1v) is 7.15. The molecule has 17 heavy (non-hydrogen) atoms. The summed E-state index contributed by atoms with van der Waals surface area (Å²) in [5, 5.41) is 0. The van der Waals surface area contributed by atoms with Crippen LogP contribution in [-0.4, -0.2) is 34.1 Å². The maximum atomic E-state index is 12.2. The molecule has 0 radical (unpaired) electrons. The van der Waals surface area contributed by atoms with Crippen molar-refractivity contribution in [1.29, 1.82) is 0 Å². The van der Waals surface area contributed by atoms with Gasteiger partial charge in [0.2, 0.25) is 0 Å². The smallest absolute Gasteiger partial charge is 0.176 e. The highest BCUT2D eigenvalue weighted by molar-refractivity contribution is 9.09. The molecule has 2 aliphatic rings. The average molecular weight is 294 g/mol. The van der Waals surface area contributed by atoms with E-state index in [1.165, 1.54) is 19.3 Å². The molecule has 0 saturated carbocycles. The first-order chi connectivity index (χ1) is 8.25. The van der Waals surface area contributed by atoms with E-state index < -0.39 is 0 Å². The Kier molecular flexibility index (Phi) is 3.05. The van der Waals surface area contributed by atoms with Crippen LogP contribution >= 0.6 is 15.9 Å². The number of hydrogen-bond acceptors (Lipinski definition) is 2. The molecule has 3 heteroatoms. The Morgan fingerprint density at radius 2 is 2.06 bits per heavy atom. The SMILES string of the molecule is O=C(CN1C2CCC1C(Br)C2)c1ccccc1. The summed E-state index contributed by atoms with van der Waals surface area (Å²) >= 11 is 3.73. The van der Waals surface area contributed by atoms with E-state index in [9.17, 15) is 4.79 Å². The second kappa shape index (κ2) is 4.54. The van der Waals surface area contributed by atoms with Gasteiger partial charge in [-0.1, -0.05) is 46.3 Å². The Bertz CT molecular complexity index is 419. The summed E-state index contributed by atoms with van der Waals surface area (Å²) in [6.45, 7) is 0.585. The van der Waals surface area contributed by atoms with Crippen LogP contribution in [0.5, 0.6) is 0 Å². The standard InChI is InChI=1S/C14H16BrNO/c15-12-8-11-6-7-13(12)16(11)9-14(17)10-4-2-1-3-5-10/h1-5,11-13H,6-9H2. The van der Waals surface area contributed by atoms with Gasteiger partial charge in [0.05, 0.1) is 6.54 Å². The molecule has 2 fully saturated rings. The van der Waals surface area contributed by atoms with Gasteiger partial charge in [-0.3, -0.25) is 9.69 Å². The highest BCUT2D eigenvalue weighted by Gasteiger charge is 2.45. The van der Waals surface area contributed by atoms with Gasteiger partial charge in [-0.2, -0.15) is 0 Å². The Morgan fingerprint density at radius 1 is 1.29 bits per heavy atom. The van der Waals surface area contributed by atoms with Crippen LogP contribution in [0.15, 0.2) is 30.3 Å². The Balaban J connectivity index is 1.71. The van der Waals surface area contributed by atoms with Gasteiger partial charge in [-0.05, 0) is 19.3 Å². The van der Waals surface area contributed by atoms with Crippen LogP contribution in [0.3, 0.4) is 0 Å². The van der Waals surface area contributed by atoms with Crippen molar-refractivity contribution >= 4 is 21.7 Å². The van der Waals surface area contributed by atoms with Crippen LogP contribution in [0.1, 0.15) is 29.6 Å². The zero-order valence-electron chi connectivity index (χ0n) is 9.68. The summed E-state index contributed by atoms with van der Waals surface area (Å²) < 4.78 is 0. The number of carbonyl (C=O) groups is 1. The molecule has 1 aromatic rings. The van der Waals surface area contributed by atoms with Crippen molar-refractivity contribution in [2.75, 3.05) is 6.54 Å². The molecule has 0 aromatic heterocycles. The zero-order valence-corrected chi connectivity index (χ0v) is 11.3. The van der Waals surface area contributed by atoms with Crippen molar-refractivity contribution in [2.24, 2.45) is 0 Å². The van der Waals surface area contributed by atoms with Crippen molar-refractivity contribution < 1.29 is 4.79 Å². The summed E-state index contributed by atoms with van der Waals surface area (Å²) in [4.78, 5) is 15.2. The number of carbonyl (C=O) groups excluding carboxylic acids is 1. The van der Waals surface area contributed by atoms with Crippen molar-refractivity contribution in [2.45, 2.75) is 36.2 Å². The third-order valence-corrected chi connectivity index (χ3v) is 5.01. The molecule has 0 aliphatic carbocycles. The fourth-order valence-electron chi connectivity index (χ4n) is 3.15. The summed E-state index contributed by atoms with van der Waals surface area (Å²) in [5.74, 6) is 0.254. The van der Waals surface area contributed by atoms with E-state index in [2.05, 4.69) is 20.8 Å². The van der Waals surface area contributed by atoms with Gasteiger partial charge in [0, 0.05) is 22.5 Å². The second-order valence-electron chi connectivity index (χ2n) is 5.01. The van der Waals surface area contributed by atoms with Crippen LogP contribution in [0.25, 0.3) is 0 Å². The number of hydrogen-bond donors (Lipinski definition) is 0. The fourth-order valence-corrected chi connectivity index (χ4v) is 4.15. The Morgan fingerprint density at radius 3 is 2.65 bits per heavy atom. The predicted molar refractivity (Wildman–Crippen MR) is 71.6 cm³/mol. The van der Waals surface area contributed by atoms with E-state index in [0.717, 1.165) is 5.56 Å². The summed E-state index contributed by atoms with van der Waals surface area (Å²) in [7, 11) is 0. The topological polar surface area (TPSA) is 20.3 Å².